The number of likely N-dealkylation sites (N-methyl/N-ethyl adjacent to an activating group) is 1. The van der Waals surface area contributed by atoms with E-state index in [9.17, 15) is 4.79 Å². The molecule has 1 aliphatic rings. The molecule has 5 nitrogen and oxygen atoms in total. The molecule has 0 unspecified atom stereocenters. The highest BCUT2D eigenvalue weighted by Gasteiger charge is 2.29. The molecule has 22 heavy (non-hydrogen) atoms. The van der Waals surface area contributed by atoms with Crippen LogP contribution < -0.4 is 9.64 Å². The molecule has 1 aliphatic heterocycles. The molecule has 1 aromatic carbocycles. The first-order valence-electron chi connectivity index (χ1n) is 7.67. The van der Waals surface area contributed by atoms with Crippen molar-refractivity contribution in [2.45, 2.75) is 13.0 Å². The molecule has 0 aliphatic carbocycles. The molecule has 122 valence electrons. The monoisotopic (exact) mass is 305 g/mol. The molecule has 0 fully saturated rings. The Kier molecular flexibility index (Phi) is 4.96. The van der Waals surface area contributed by atoms with Gasteiger partial charge in [-0.05, 0) is 32.3 Å². The van der Waals surface area contributed by atoms with Crippen molar-refractivity contribution in [2.24, 2.45) is 5.92 Å². The Bertz CT molecular complexity index is 543. The average Bonchev–Trinajstić information content (AvgIpc) is 2.44. The first-order valence-corrected chi connectivity index (χ1v) is 7.67. The Balaban J connectivity index is 2.42. The van der Waals surface area contributed by atoms with E-state index in [0.29, 0.717) is 17.9 Å². The maximum absolute atomic E-state index is 12.7. The topological polar surface area (TPSA) is 36.0 Å². The molecule has 1 amide bonds. The summed E-state index contributed by atoms with van der Waals surface area (Å²) < 4.78 is 6.21. The van der Waals surface area contributed by atoms with Crippen molar-refractivity contribution in [3.8, 4) is 5.75 Å². The van der Waals surface area contributed by atoms with E-state index in [4.69, 9.17) is 4.74 Å². The highest BCUT2D eigenvalue weighted by Crippen LogP contribution is 2.29. The van der Waals surface area contributed by atoms with E-state index >= 15 is 0 Å². The van der Waals surface area contributed by atoms with Gasteiger partial charge in [-0.1, -0.05) is 6.92 Å². The van der Waals surface area contributed by atoms with E-state index in [0.717, 1.165) is 12.2 Å². The van der Waals surface area contributed by atoms with Gasteiger partial charge in [0.2, 0.25) is 0 Å². The molecule has 2 atom stereocenters. The van der Waals surface area contributed by atoms with Crippen molar-refractivity contribution in [3.63, 3.8) is 0 Å². The summed E-state index contributed by atoms with van der Waals surface area (Å²) in [6.45, 7) is 3.66. The number of anilines is 1. The van der Waals surface area contributed by atoms with Crippen LogP contribution in [0.25, 0.3) is 0 Å². The van der Waals surface area contributed by atoms with Crippen molar-refractivity contribution >= 4 is 11.6 Å². The smallest absolute Gasteiger partial charge is 0.257 e. The predicted octanol–water partition coefficient (Wildman–Crippen LogP) is 1.78. The van der Waals surface area contributed by atoms with E-state index in [-0.39, 0.29) is 17.9 Å². The number of rotatable bonds is 3. The Hall–Kier alpha value is -1.75. The van der Waals surface area contributed by atoms with Gasteiger partial charge in [0.25, 0.3) is 5.91 Å². The van der Waals surface area contributed by atoms with Crippen LogP contribution in [-0.4, -0.2) is 70.1 Å². The second-order valence-electron chi connectivity index (χ2n) is 6.66. The molecule has 1 heterocycles. The standard InChI is InChI=1S/C17H27N3O2/c1-12-10-20(6)17(21)14-9-13(19(4)5)7-8-15(14)22-16(12)11-18(2)3/h7-9,12,16H,10-11H2,1-6H3/t12-,16-/m0/s1. The van der Waals surface area contributed by atoms with Crippen molar-refractivity contribution in [2.75, 3.05) is 53.2 Å². The third-order valence-corrected chi connectivity index (χ3v) is 4.08. The Morgan fingerprint density at radius 1 is 1.27 bits per heavy atom. The van der Waals surface area contributed by atoms with Gasteiger partial charge in [-0.2, -0.15) is 0 Å². The zero-order valence-electron chi connectivity index (χ0n) is 14.5. The van der Waals surface area contributed by atoms with Crippen LogP contribution in [0, 0.1) is 5.92 Å². The number of nitrogens with zero attached hydrogens (tertiary/aromatic N) is 3. The maximum atomic E-state index is 12.7. The van der Waals surface area contributed by atoms with Crippen molar-refractivity contribution in [3.05, 3.63) is 23.8 Å². The number of ether oxygens (including phenoxy) is 1. The predicted molar refractivity (Wildman–Crippen MR) is 89.9 cm³/mol. The van der Waals surface area contributed by atoms with Crippen LogP contribution in [0.1, 0.15) is 17.3 Å². The van der Waals surface area contributed by atoms with Gasteiger partial charge in [0, 0.05) is 45.8 Å². The minimum atomic E-state index is 0.0221. The van der Waals surface area contributed by atoms with Crippen LogP contribution in [0.2, 0.25) is 0 Å². The third kappa shape index (κ3) is 3.53. The molecule has 1 aromatic rings. The summed E-state index contributed by atoms with van der Waals surface area (Å²) in [4.78, 5) is 18.6. The van der Waals surface area contributed by atoms with Crippen LogP contribution in [0.4, 0.5) is 5.69 Å². The summed E-state index contributed by atoms with van der Waals surface area (Å²) in [6.07, 6.45) is 0.0644. The second-order valence-corrected chi connectivity index (χ2v) is 6.66. The first kappa shape index (κ1) is 16.6. The van der Waals surface area contributed by atoms with Gasteiger partial charge in [-0.15, -0.1) is 0 Å². The highest BCUT2D eigenvalue weighted by molar-refractivity contribution is 5.98. The lowest BCUT2D eigenvalue weighted by Gasteiger charge is -2.34. The van der Waals surface area contributed by atoms with Gasteiger partial charge in [-0.25, -0.2) is 0 Å². The number of benzene rings is 1. The van der Waals surface area contributed by atoms with Crippen molar-refractivity contribution in [1.82, 2.24) is 9.80 Å². The van der Waals surface area contributed by atoms with Gasteiger partial charge >= 0.3 is 0 Å². The summed E-state index contributed by atoms with van der Waals surface area (Å²) in [5.74, 6) is 0.979. The molecule has 2 rings (SSSR count). The van der Waals surface area contributed by atoms with Crippen LogP contribution in [0.15, 0.2) is 18.2 Å². The number of carbonyl (C=O) groups excluding carboxylic acids is 1. The molecule has 0 saturated heterocycles. The van der Waals surface area contributed by atoms with Gasteiger partial charge in [-0.3, -0.25) is 4.79 Å². The molecule has 0 aromatic heterocycles. The van der Waals surface area contributed by atoms with Gasteiger partial charge in [0.1, 0.15) is 11.9 Å². The van der Waals surface area contributed by atoms with Crippen LogP contribution in [0.3, 0.4) is 0 Å². The molecular formula is C17H27N3O2. The van der Waals surface area contributed by atoms with E-state index in [1.54, 1.807) is 4.90 Å². The zero-order chi connectivity index (χ0) is 16.4. The quantitative estimate of drug-likeness (QED) is 0.853. The molecule has 0 spiro atoms. The summed E-state index contributed by atoms with van der Waals surface area (Å²) in [5.41, 5.74) is 1.64. The minimum absolute atomic E-state index is 0.0221. The Morgan fingerprint density at radius 2 is 1.95 bits per heavy atom. The summed E-state index contributed by atoms with van der Waals surface area (Å²) in [7, 11) is 9.88. The van der Waals surface area contributed by atoms with Crippen molar-refractivity contribution in [1.29, 1.82) is 0 Å². The molecule has 0 bridgehead atoms. The summed E-state index contributed by atoms with van der Waals surface area (Å²) >= 11 is 0. The number of hydrogen-bond acceptors (Lipinski definition) is 4. The fraction of sp³-hybridized carbons (Fsp3) is 0.588. The van der Waals surface area contributed by atoms with Crippen LogP contribution >= 0.6 is 0 Å². The molecular weight excluding hydrogens is 278 g/mol. The summed E-state index contributed by atoms with van der Waals surface area (Å²) in [5, 5.41) is 0. The van der Waals surface area contributed by atoms with E-state index < -0.39 is 0 Å². The van der Waals surface area contributed by atoms with Crippen molar-refractivity contribution < 1.29 is 9.53 Å². The first-order chi connectivity index (χ1) is 10.3. The SMILES string of the molecule is C[C@H]1CN(C)C(=O)c2cc(N(C)C)ccc2O[C@H]1CN(C)C. The third-order valence-electron chi connectivity index (χ3n) is 4.08. The minimum Gasteiger partial charge on any atom is -0.488 e. The van der Waals surface area contributed by atoms with Gasteiger partial charge in [0.05, 0.1) is 5.56 Å². The summed E-state index contributed by atoms with van der Waals surface area (Å²) in [6, 6.07) is 5.82. The lowest BCUT2D eigenvalue weighted by Crippen LogP contribution is -2.44. The average molecular weight is 305 g/mol. The number of fused-ring (bicyclic) bond motifs is 1. The van der Waals surface area contributed by atoms with Crippen LogP contribution in [0.5, 0.6) is 5.75 Å². The van der Waals surface area contributed by atoms with E-state index in [1.807, 2.05) is 58.3 Å². The number of hydrogen-bond donors (Lipinski definition) is 0. The maximum Gasteiger partial charge on any atom is 0.257 e. The largest absolute Gasteiger partial charge is 0.488 e. The molecule has 0 saturated carbocycles. The van der Waals surface area contributed by atoms with Gasteiger partial charge in [0.15, 0.2) is 0 Å². The Labute approximate surface area is 133 Å². The van der Waals surface area contributed by atoms with E-state index in [1.165, 1.54) is 0 Å². The molecule has 0 radical (unpaired) electrons. The highest BCUT2D eigenvalue weighted by atomic mass is 16.5. The second kappa shape index (κ2) is 6.57. The fourth-order valence-corrected chi connectivity index (χ4v) is 2.76. The van der Waals surface area contributed by atoms with Gasteiger partial charge < -0.3 is 19.4 Å². The Morgan fingerprint density at radius 3 is 2.55 bits per heavy atom. The number of carbonyl (C=O) groups is 1. The van der Waals surface area contributed by atoms with Crippen LogP contribution in [-0.2, 0) is 0 Å². The number of amides is 1. The lowest BCUT2D eigenvalue weighted by molar-refractivity contribution is 0.0576. The molecule has 5 heteroatoms. The fourth-order valence-electron chi connectivity index (χ4n) is 2.76. The molecule has 0 N–H and O–H groups in total. The zero-order valence-corrected chi connectivity index (χ0v) is 14.5. The lowest BCUT2D eigenvalue weighted by atomic mass is 10.0. The van der Waals surface area contributed by atoms with E-state index in [2.05, 4.69) is 11.8 Å². The normalized spacial score (nSPS) is 22.0.